The number of nitrogens with one attached hydrogen (secondary N) is 1. The number of benzene rings is 1. The maximum Gasteiger partial charge on any atom is 0.266 e. The Balaban J connectivity index is 2.01. The molecule has 0 fully saturated rings. The third-order valence-electron chi connectivity index (χ3n) is 2.64. The number of ether oxygens (including phenoxy) is 1. The van der Waals surface area contributed by atoms with Crippen molar-refractivity contribution in [1.82, 2.24) is 10.3 Å². The number of para-hydroxylation sites is 1. The Labute approximate surface area is 114 Å². The Bertz CT molecular complexity index is 600. The quantitative estimate of drug-likeness (QED) is 0.907. The van der Waals surface area contributed by atoms with Crippen LogP contribution in [-0.2, 0) is 11.2 Å². The number of aryl methyl sites for hydroxylation is 1. The van der Waals surface area contributed by atoms with E-state index in [1.807, 2.05) is 6.92 Å². The number of aromatic nitrogens is 2. The fourth-order valence-electron chi connectivity index (χ4n) is 1.54. The van der Waals surface area contributed by atoms with Gasteiger partial charge in [-0.05, 0) is 30.6 Å². The number of amides is 1. The van der Waals surface area contributed by atoms with Crippen LogP contribution >= 0.6 is 0 Å². The van der Waals surface area contributed by atoms with Gasteiger partial charge in [0.15, 0.2) is 17.7 Å². The Hall–Kier alpha value is -2.44. The molecule has 0 spiro atoms. The van der Waals surface area contributed by atoms with Crippen LogP contribution in [-0.4, -0.2) is 22.3 Å². The number of carbonyl (C=O) groups excluding carboxylic acids is 1. The Kier molecular flexibility index (Phi) is 4.29. The van der Waals surface area contributed by atoms with E-state index in [1.54, 1.807) is 12.1 Å². The summed E-state index contributed by atoms with van der Waals surface area (Å²) in [6.45, 7) is 3.37. The van der Waals surface area contributed by atoms with Gasteiger partial charge < -0.3 is 10.1 Å². The zero-order valence-electron chi connectivity index (χ0n) is 11.1. The molecule has 0 saturated carbocycles. The Morgan fingerprint density at radius 2 is 2.20 bits per heavy atom. The van der Waals surface area contributed by atoms with Crippen LogP contribution < -0.4 is 10.1 Å². The highest BCUT2D eigenvalue weighted by Crippen LogP contribution is 2.18. The first-order chi connectivity index (χ1) is 9.61. The SMILES string of the molecule is CCc1nonc1NC(=O)C(C)Oc1ccccc1F. The minimum Gasteiger partial charge on any atom is -0.478 e. The normalized spacial score (nSPS) is 11.9. The smallest absolute Gasteiger partial charge is 0.266 e. The second-order valence-electron chi connectivity index (χ2n) is 4.09. The Morgan fingerprint density at radius 1 is 1.45 bits per heavy atom. The van der Waals surface area contributed by atoms with Crippen molar-refractivity contribution in [2.75, 3.05) is 5.32 Å². The summed E-state index contributed by atoms with van der Waals surface area (Å²) in [6, 6.07) is 5.88. The number of hydrogen-bond acceptors (Lipinski definition) is 5. The molecule has 106 valence electrons. The molecule has 0 radical (unpaired) electrons. The highest BCUT2D eigenvalue weighted by molar-refractivity contribution is 5.93. The highest BCUT2D eigenvalue weighted by Gasteiger charge is 2.19. The van der Waals surface area contributed by atoms with Crippen LogP contribution in [0.2, 0.25) is 0 Å². The van der Waals surface area contributed by atoms with Crippen LogP contribution in [0.4, 0.5) is 10.2 Å². The molecule has 0 saturated heterocycles. The average Bonchev–Trinajstić information content (AvgIpc) is 2.88. The highest BCUT2D eigenvalue weighted by atomic mass is 19.1. The lowest BCUT2D eigenvalue weighted by molar-refractivity contribution is -0.122. The van der Waals surface area contributed by atoms with Gasteiger partial charge in [0.1, 0.15) is 5.69 Å². The molecule has 0 aliphatic rings. The van der Waals surface area contributed by atoms with Gasteiger partial charge in [-0.15, -0.1) is 0 Å². The maximum absolute atomic E-state index is 13.4. The third-order valence-corrected chi connectivity index (χ3v) is 2.64. The molecule has 1 unspecified atom stereocenters. The molecular formula is C13H14FN3O3. The maximum atomic E-state index is 13.4. The third kappa shape index (κ3) is 3.11. The number of hydrogen-bond donors (Lipinski definition) is 1. The van der Waals surface area contributed by atoms with Crippen LogP contribution in [0.3, 0.4) is 0 Å². The fourth-order valence-corrected chi connectivity index (χ4v) is 1.54. The lowest BCUT2D eigenvalue weighted by Crippen LogP contribution is -2.30. The summed E-state index contributed by atoms with van der Waals surface area (Å²) < 4.78 is 23.2. The number of rotatable bonds is 5. The zero-order valence-corrected chi connectivity index (χ0v) is 11.1. The first-order valence-corrected chi connectivity index (χ1v) is 6.15. The molecule has 2 rings (SSSR count). The van der Waals surface area contributed by atoms with Crippen LogP contribution in [0, 0.1) is 5.82 Å². The lowest BCUT2D eigenvalue weighted by Gasteiger charge is -2.14. The largest absolute Gasteiger partial charge is 0.478 e. The summed E-state index contributed by atoms with van der Waals surface area (Å²) in [4.78, 5) is 11.9. The predicted octanol–water partition coefficient (Wildman–Crippen LogP) is 2.18. The van der Waals surface area contributed by atoms with Gasteiger partial charge >= 0.3 is 0 Å². The monoisotopic (exact) mass is 279 g/mol. The summed E-state index contributed by atoms with van der Waals surface area (Å²) in [7, 11) is 0. The molecule has 6 nitrogen and oxygen atoms in total. The topological polar surface area (TPSA) is 77.3 Å². The second-order valence-corrected chi connectivity index (χ2v) is 4.09. The number of halogens is 1. The van der Waals surface area contributed by atoms with Gasteiger partial charge in [0.25, 0.3) is 5.91 Å². The van der Waals surface area contributed by atoms with Crippen LogP contribution in [0.5, 0.6) is 5.75 Å². The van der Waals surface area contributed by atoms with E-state index in [4.69, 9.17) is 4.74 Å². The minimum atomic E-state index is -0.881. The van der Waals surface area contributed by atoms with Crippen molar-refractivity contribution in [2.24, 2.45) is 0 Å². The van der Waals surface area contributed by atoms with Gasteiger partial charge in [-0.3, -0.25) is 4.79 Å². The number of nitrogens with zero attached hydrogens (tertiary/aromatic N) is 2. The predicted molar refractivity (Wildman–Crippen MR) is 68.8 cm³/mol. The molecule has 20 heavy (non-hydrogen) atoms. The molecule has 1 amide bonds. The number of carbonyl (C=O) groups is 1. The zero-order chi connectivity index (χ0) is 14.5. The van der Waals surface area contributed by atoms with Gasteiger partial charge in [0, 0.05) is 0 Å². The van der Waals surface area contributed by atoms with Crippen molar-refractivity contribution in [3.63, 3.8) is 0 Å². The first kappa shape index (κ1) is 14.0. The van der Waals surface area contributed by atoms with Crippen LogP contribution in [0.15, 0.2) is 28.9 Å². The van der Waals surface area contributed by atoms with E-state index in [0.29, 0.717) is 12.1 Å². The van der Waals surface area contributed by atoms with Crippen molar-refractivity contribution in [3.8, 4) is 5.75 Å². The molecule has 1 aromatic heterocycles. The van der Waals surface area contributed by atoms with Crippen molar-refractivity contribution in [2.45, 2.75) is 26.4 Å². The summed E-state index contributed by atoms with van der Waals surface area (Å²) in [5.74, 6) is -0.714. The van der Waals surface area contributed by atoms with E-state index in [1.165, 1.54) is 19.1 Å². The molecule has 7 heteroatoms. The molecule has 1 aromatic carbocycles. The van der Waals surface area contributed by atoms with E-state index in [2.05, 4.69) is 20.3 Å². The molecule has 2 aromatic rings. The van der Waals surface area contributed by atoms with Gasteiger partial charge in [-0.25, -0.2) is 9.02 Å². The van der Waals surface area contributed by atoms with Crippen molar-refractivity contribution >= 4 is 11.7 Å². The summed E-state index contributed by atoms with van der Waals surface area (Å²) in [5, 5.41) is 9.76. The van der Waals surface area contributed by atoms with E-state index < -0.39 is 17.8 Å². The van der Waals surface area contributed by atoms with E-state index in [0.717, 1.165) is 0 Å². The van der Waals surface area contributed by atoms with E-state index in [-0.39, 0.29) is 11.6 Å². The van der Waals surface area contributed by atoms with Crippen molar-refractivity contribution in [1.29, 1.82) is 0 Å². The lowest BCUT2D eigenvalue weighted by atomic mass is 10.3. The van der Waals surface area contributed by atoms with Gasteiger partial charge in [-0.1, -0.05) is 24.2 Å². The Morgan fingerprint density at radius 3 is 2.90 bits per heavy atom. The fraction of sp³-hybridized carbons (Fsp3) is 0.308. The summed E-state index contributed by atoms with van der Waals surface area (Å²) >= 11 is 0. The van der Waals surface area contributed by atoms with Crippen molar-refractivity contribution in [3.05, 3.63) is 35.8 Å². The van der Waals surface area contributed by atoms with Crippen LogP contribution in [0.1, 0.15) is 19.5 Å². The van der Waals surface area contributed by atoms with Crippen LogP contribution in [0.25, 0.3) is 0 Å². The van der Waals surface area contributed by atoms with Gasteiger partial charge in [0.05, 0.1) is 0 Å². The van der Waals surface area contributed by atoms with Crippen molar-refractivity contribution < 1.29 is 18.6 Å². The van der Waals surface area contributed by atoms with Gasteiger partial charge in [0.2, 0.25) is 5.82 Å². The standard InChI is InChI=1S/C13H14FN3O3/c1-3-10-12(17-20-16-10)15-13(18)8(2)19-11-7-5-4-6-9(11)14/h4-8H,3H2,1-2H3,(H,15,17,18). The van der Waals surface area contributed by atoms with E-state index in [9.17, 15) is 9.18 Å². The molecule has 0 aliphatic carbocycles. The first-order valence-electron chi connectivity index (χ1n) is 6.15. The molecular weight excluding hydrogens is 265 g/mol. The van der Waals surface area contributed by atoms with Gasteiger partial charge in [-0.2, -0.15) is 0 Å². The molecule has 1 atom stereocenters. The minimum absolute atomic E-state index is 0.0177. The molecule has 1 N–H and O–H groups in total. The summed E-state index contributed by atoms with van der Waals surface area (Å²) in [5.41, 5.74) is 0.538. The summed E-state index contributed by atoms with van der Waals surface area (Å²) in [6.07, 6.45) is -0.310. The molecule has 0 bridgehead atoms. The number of anilines is 1. The average molecular weight is 279 g/mol. The second kappa shape index (κ2) is 6.14. The molecule has 0 aliphatic heterocycles. The molecule has 1 heterocycles. The van der Waals surface area contributed by atoms with E-state index >= 15 is 0 Å².